The highest BCUT2D eigenvalue weighted by Crippen LogP contribution is 2.44. The minimum absolute atomic E-state index is 0.223. The molecule has 2 heterocycles. The van der Waals surface area contributed by atoms with Crippen molar-refractivity contribution in [2.24, 2.45) is 5.92 Å². The third kappa shape index (κ3) is 5.68. The van der Waals surface area contributed by atoms with E-state index in [1.54, 1.807) is 28.6 Å². The fourth-order valence-electron chi connectivity index (χ4n) is 5.83. The van der Waals surface area contributed by atoms with E-state index >= 15 is 0 Å². The molecule has 6 rings (SSSR count). The number of carbonyl (C=O) groups is 1. The fraction of sp³-hybridized carbons (Fsp3) is 0.387. The second-order valence-corrected chi connectivity index (χ2v) is 12.7. The van der Waals surface area contributed by atoms with Crippen LogP contribution < -0.4 is 9.62 Å². The monoisotopic (exact) mass is 545 g/mol. The maximum atomic E-state index is 13.2. The molecular weight excluding hydrogens is 510 g/mol. The van der Waals surface area contributed by atoms with Crippen molar-refractivity contribution in [3.8, 4) is 0 Å². The maximum absolute atomic E-state index is 13.2. The number of sulfonamides is 1. The quantitative estimate of drug-likeness (QED) is 0.434. The number of fused-ring (bicyclic) bond motifs is 1. The van der Waals surface area contributed by atoms with E-state index in [1.165, 1.54) is 5.56 Å². The summed E-state index contributed by atoms with van der Waals surface area (Å²) in [5, 5.41) is 3.75. The lowest BCUT2D eigenvalue weighted by Gasteiger charge is -2.31. The molecule has 0 unspecified atom stereocenters. The van der Waals surface area contributed by atoms with E-state index < -0.39 is 10.0 Å². The number of likely N-dealkylation sites (tertiary alicyclic amines) is 1. The van der Waals surface area contributed by atoms with Gasteiger partial charge in [-0.3, -0.25) is 4.31 Å². The van der Waals surface area contributed by atoms with Gasteiger partial charge in [0.15, 0.2) is 0 Å². The second-order valence-electron chi connectivity index (χ2n) is 10.9. The average Bonchev–Trinajstić information content (AvgIpc) is 3.63. The van der Waals surface area contributed by atoms with E-state index in [0.717, 1.165) is 62.1 Å². The second kappa shape index (κ2) is 11.0. The number of nitrogens with zero attached hydrogens (tertiary/aromatic N) is 2. The minimum Gasteiger partial charge on any atom is -0.445 e. The van der Waals surface area contributed by atoms with Gasteiger partial charge in [-0.1, -0.05) is 60.7 Å². The molecule has 3 aromatic rings. The Bertz CT molecular complexity index is 1410. The Balaban J connectivity index is 0.964. The van der Waals surface area contributed by atoms with E-state index in [-0.39, 0.29) is 6.09 Å². The first-order chi connectivity index (χ1) is 19.0. The predicted octanol–water partition coefficient (Wildman–Crippen LogP) is 4.93. The predicted molar refractivity (Wildman–Crippen MR) is 151 cm³/mol. The van der Waals surface area contributed by atoms with Crippen LogP contribution in [0.4, 0.5) is 10.5 Å². The zero-order valence-corrected chi connectivity index (χ0v) is 22.9. The molecule has 0 radical (unpaired) electrons. The Morgan fingerprint density at radius 1 is 0.923 bits per heavy atom. The van der Waals surface area contributed by atoms with Crippen LogP contribution in [0.2, 0.25) is 0 Å². The van der Waals surface area contributed by atoms with Gasteiger partial charge in [-0.25, -0.2) is 13.2 Å². The Morgan fingerprint density at radius 3 is 2.38 bits per heavy atom. The van der Waals surface area contributed by atoms with Crippen LogP contribution in [0.1, 0.15) is 41.9 Å². The maximum Gasteiger partial charge on any atom is 0.410 e. The lowest BCUT2D eigenvalue weighted by molar-refractivity contribution is 0.0821. The number of hydrogen-bond acceptors (Lipinski definition) is 5. The molecule has 2 atom stereocenters. The van der Waals surface area contributed by atoms with Crippen LogP contribution in [-0.2, 0) is 27.8 Å². The van der Waals surface area contributed by atoms with Gasteiger partial charge < -0.3 is 15.0 Å². The van der Waals surface area contributed by atoms with E-state index in [4.69, 9.17) is 4.74 Å². The van der Waals surface area contributed by atoms with Crippen molar-refractivity contribution in [3.63, 3.8) is 0 Å². The van der Waals surface area contributed by atoms with Crippen molar-refractivity contribution in [2.75, 3.05) is 30.5 Å². The average molecular weight is 546 g/mol. The third-order valence-electron chi connectivity index (χ3n) is 8.25. The van der Waals surface area contributed by atoms with Gasteiger partial charge in [0.25, 0.3) is 10.0 Å². The smallest absolute Gasteiger partial charge is 0.410 e. The Morgan fingerprint density at radius 2 is 1.64 bits per heavy atom. The molecule has 0 aromatic heterocycles. The molecule has 204 valence electrons. The molecule has 8 heteroatoms. The Kier molecular flexibility index (Phi) is 7.32. The highest BCUT2D eigenvalue weighted by molar-refractivity contribution is 7.92. The first-order valence-electron chi connectivity index (χ1n) is 13.9. The van der Waals surface area contributed by atoms with Crippen LogP contribution in [0.25, 0.3) is 0 Å². The fourth-order valence-corrected chi connectivity index (χ4v) is 7.35. The number of anilines is 1. The van der Waals surface area contributed by atoms with Crippen LogP contribution in [0.15, 0.2) is 83.8 Å². The summed E-state index contributed by atoms with van der Waals surface area (Å²) in [7, 11) is -3.54. The number of hydrogen-bond donors (Lipinski definition) is 1. The molecule has 1 aliphatic carbocycles. The summed E-state index contributed by atoms with van der Waals surface area (Å²) in [6.07, 6.45) is 3.59. The van der Waals surface area contributed by atoms with Crippen LogP contribution in [0.3, 0.4) is 0 Å². The molecule has 39 heavy (non-hydrogen) atoms. The largest absolute Gasteiger partial charge is 0.445 e. The molecule has 1 N–H and O–H groups in total. The summed E-state index contributed by atoms with van der Waals surface area (Å²) in [6.45, 7) is 3.24. The van der Waals surface area contributed by atoms with Gasteiger partial charge >= 0.3 is 6.09 Å². The van der Waals surface area contributed by atoms with Gasteiger partial charge in [-0.2, -0.15) is 0 Å². The molecule has 3 aromatic carbocycles. The Hall–Kier alpha value is -3.36. The van der Waals surface area contributed by atoms with Crippen LogP contribution >= 0.6 is 0 Å². The number of rotatable bonds is 8. The van der Waals surface area contributed by atoms with Crippen molar-refractivity contribution in [1.29, 1.82) is 0 Å². The van der Waals surface area contributed by atoms with Crippen molar-refractivity contribution in [2.45, 2.75) is 49.1 Å². The number of ether oxygens (including phenoxy) is 1. The molecule has 0 spiro atoms. The highest BCUT2D eigenvalue weighted by atomic mass is 32.2. The standard InChI is InChI=1S/C31H35N3O4S/c35-31(38-22-24-7-3-1-4-8-24)33-16-13-23(14-17-33)21-32-29-20-28(29)25-11-12-30-26(19-25)15-18-34(30)39(36,37)27-9-5-2-6-10-27/h1-12,19,23,28-29,32H,13-18,20-22H2/t28-,29+/m0/s1. The number of benzene rings is 3. The molecule has 2 fully saturated rings. The molecule has 2 aliphatic heterocycles. The molecular formula is C31H35N3O4S. The molecule has 1 amide bonds. The lowest BCUT2D eigenvalue weighted by atomic mass is 9.97. The van der Waals surface area contributed by atoms with Crippen molar-refractivity contribution >= 4 is 21.8 Å². The van der Waals surface area contributed by atoms with Crippen molar-refractivity contribution in [3.05, 3.63) is 95.6 Å². The summed E-state index contributed by atoms with van der Waals surface area (Å²) in [6, 6.07) is 25.2. The molecule has 0 bridgehead atoms. The van der Waals surface area contributed by atoms with Gasteiger partial charge in [0, 0.05) is 31.6 Å². The molecule has 1 saturated heterocycles. The summed E-state index contributed by atoms with van der Waals surface area (Å²) in [5.74, 6) is 1.03. The summed E-state index contributed by atoms with van der Waals surface area (Å²) < 4.78 is 33.3. The summed E-state index contributed by atoms with van der Waals surface area (Å²) in [4.78, 5) is 14.6. The molecule has 1 saturated carbocycles. The van der Waals surface area contributed by atoms with Crippen molar-refractivity contribution in [1.82, 2.24) is 10.2 Å². The van der Waals surface area contributed by atoms with Crippen LogP contribution in [-0.4, -0.2) is 51.6 Å². The van der Waals surface area contributed by atoms with Crippen LogP contribution in [0.5, 0.6) is 0 Å². The zero-order chi connectivity index (χ0) is 26.8. The first-order valence-corrected chi connectivity index (χ1v) is 15.3. The van der Waals surface area contributed by atoms with E-state index in [9.17, 15) is 13.2 Å². The van der Waals surface area contributed by atoms with E-state index in [2.05, 4.69) is 17.4 Å². The van der Waals surface area contributed by atoms with Gasteiger partial charge in [-0.05, 0) is 73.0 Å². The SMILES string of the molecule is O=C(OCc1ccccc1)N1CCC(CN[C@@H]2C[C@H]2c2ccc3c(c2)CCN3S(=O)(=O)c2ccccc2)CC1. The van der Waals surface area contributed by atoms with Gasteiger partial charge in [0.2, 0.25) is 0 Å². The summed E-state index contributed by atoms with van der Waals surface area (Å²) >= 11 is 0. The minimum atomic E-state index is -3.54. The summed E-state index contributed by atoms with van der Waals surface area (Å²) in [5.41, 5.74) is 4.22. The number of amides is 1. The van der Waals surface area contributed by atoms with E-state index in [1.807, 2.05) is 47.4 Å². The van der Waals surface area contributed by atoms with Gasteiger partial charge in [0.05, 0.1) is 10.6 Å². The third-order valence-corrected chi connectivity index (χ3v) is 10.1. The zero-order valence-electron chi connectivity index (χ0n) is 22.0. The lowest BCUT2D eigenvalue weighted by Crippen LogP contribution is -2.41. The number of carbonyl (C=O) groups excluding carboxylic acids is 1. The van der Waals surface area contributed by atoms with Gasteiger partial charge in [-0.15, -0.1) is 0 Å². The molecule has 7 nitrogen and oxygen atoms in total. The highest BCUT2D eigenvalue weighted by Gasteiger charge is 2.40. The first kappa shape index (κ1) is 25.9. The Labute approximate surface area is 230 Å². The number of piperidine rings is 1. The van der Waals surface area contributed by atoms with Gasteiger partial charge in [0.1, 0.15) is 6.61 Å². The van der Waals surface area contributed by atoms with E-state index in [0.29, 0.717) is 35.9 Å². The number of nitrogens with one attached hydrogen (secondary N) is 1. The van der Waals surface area contributed by atoms with Crippen molar-refractivity contribution < 1.29 is 17.9 Å². The molecule has 3 aliphatic rings. The topological polar surface area (TPSA) is 79.0 Å². The van der Waals surface area contributed by atoms with Crippen LogP contribution in [0, 0.1) is 5.92 Å². The normalized spacial score (nSPS) is 21.0.